The summed E-state index contributed by atoms with van der Waals surface area (Å²) >= 11 is 0. The molecule has 1 unspecified atom stereocenters. The van der Waals surface area contributed by atoms with E-state index in [0.717, 1.165) is 83.5 Å². The molecule has 0 aliphatic rings. The molecular weight excluding hydrogens is 1020 g/mol. The molecule has 0 bridgehead atoms. The predicted molar refractivity (Wildman–Crippen MR) is 362 cm³/mol. The van der Waals surface area contributed by atoms with E-state index in [1.165, 1.54) is 295 Å². The van der Waals surface area contributed by atoms with Crippen molar-refractivity contribution in [1.82, 2.24) is 0 Å². The largest absolute Gasteiger partial charge is 0.462 e. The van der Waals surface area contributed by atoms with Gasteiger partial charge in [0.15, 0.2) is 6.10 Å². The normalized spacial score (nSPS) is 12.2. The Labute approximate surface area is 518 Å². The Kier molecular flexibility index (Phi) is 70.0. The average molecular weight is 1170 g/mol. The second kappa shape index (κ2) is 72.1. The molecule has 0 saturated carbocycles. The van der Waals surface area contributed by atoms with Crippen LogP contribution < -0.4 is 0 Å². The maximum atomic E-state index is 13.0. The summed E-state index contributed by atoms with van der Waals surface area (Å²) in [6.07, 6.45) is 90.5. The Balaban J connectivity index is 4.19. The van der Waals surface area contributed by atoms with Crippen LogP contribution in [0, 0.1) is 0 Å². The van der Waals surface area contributed by atoms with Gasteiger partial charge in [0.2, 0.25) is 0 Å². The molecule has 6 heteroatoms. The number of carbonyl (C=O) groups is 3. The molecule has 0 N–H and O–H groups in total. The van der Waals surface area contributed by atoms with Gasteiger partial charge in [-0.05, 0) is 51.4 Å². The van der Waals surface area contributed by atoms with Crippen LogP contribution in [0.5, 0.6) is 0 Å². The van der Waals surface area contributed by atoms with E-state index in [0.29, 0.717) is 19.3 Å². The minimum absolute atomic E-state index is 0.0691. The molecule has 6 nitrogen and oxygen atoms in total. The number of hydrogen-bond donors (Lipinski definition) is 0. The van der Waals surface area contributed by atoms with Crippen LogP contribution in [-0.2, 0) is 28.6 Å². The average Bonchev–Trinajstić information content (AvgIpc) is 3.49. The van der Waals surface area contributed by atoms with Gasteiger partial charge in [-0.3, -0.25) is 14.4 Å². The Bertz CT molecular complexity index is 1380. The number of allylic oxidation sites excluding steroid dienone is 6. The number of ether oxygens (including phenoxy) is 3. The second-order valence-electron chi connectivity index (χ2n) is 25.5. The molecule has 0 radical (unpaired) electrons. The third-order valence-corrected chi connectivity index (χ3v) is 17.2. The van der Waals surface area contributed by atoms with Gasteiger partial charge < -0.3 is 14.2 Å². The van der Waals surface area contributed by atoms with Crippen LogP contribution >= 0.6 is 0 Å². The lowest BCUT2D eigenvalue weighted by Crippen LogP contribution is -2.30. The SMILES string of the molecule is CC/C=C\C/C=C\C/C=C\CCCCCCCCCC(=O)OCC(COC(=O)CCCCCCCCCCCCCCCCCCCCCCCCCCCCCCCC)OC(=O)CCCCCCCCCCCCCCCCCCCC. The highest BCUT2D eigenvalue weighted by atomic mass is 16.6. The van der Waals surface area contributed by atoms with Crippen LogP contribution in [0.15, 0.2) is 36.5 Å². The van der Waals surface area contributed by atoms with Gasteiger partial charge in [0.1, 0.15) is 13.2 Å². The van der Waals surface area contributed by atoms with Gasteiger partial charge in [-0.1, -0.05) is 385 Å². The zero-order valence-electron chi connectivity index (χ0n) is 56.2. The van der Waals surface area contributed by atoms with Gasteiger partial charge in [-0.15, -0.1) is 0 Å². The van der Waals surface area contributed by atoms with Gasteiger partial charge >= 0.3 is 17.9 Å². The van der Waals surface area contributed by atoms with Crippen LogP contribution in [0.1, 0.15) is 419 Å². The monoisotopic (exact) mass is 1170 g/mol. The van der Waals surface area contributed by atoms with Crippen molar-refractivity contribution < 1.29 is 28.6 Å². The van der Waals surface area contributed by atoms with Crippen molar-refractivity contribution in [3.63, 3.8) is 0 Å². The highest BCUT2D eigenvalue weighted by Gasteiger charge is 2.20. The zero-order valence-corrected chi connectivity index (χ0v) is 56.2. The van der Waals surface area contributed by atoms with Gasteiger partial charge in [-0.2, -0.15) is 0 Å². The first kappa shape index (κ1) is 80.6. The highest BCUT2D eigenvalue weighted by Crippen LogP contribution is 2.19. The Morgan fingerprint density at radius 2 is 0.470 bits per heavy atom. The van der Waals surface area contributed by atoms with E-state index in [-0.39, 0.29) is 31.1 Å². The molecular formula is C77H144O6. The van der Waals surface area contributed by atoms with Crippen LogP contribution in [0.25, 0.3) is 0 Å². The molecule has 0 amide bonds. The number of hydrogen-bond acceptors (Lipinski definition) is 6. The molecule has 0 aromatic heterocycles. The maximum absolute atomic E-state index is 13.0. The topological polar surface area (TPSA) is 78.9 Å². The standard InChI is InChI=1S/C77H144O6/c1-4-7-10-13-16-19-22-25-28-31-33-34-35-36-37-38-39-40-41-42-43-44-47-49-52-55-58-61-64-67-70-76(79)82-73-74(72-81-75(78)69-66-63-60-57-54-51-48-45-30-27-24-21-18-15-12-9-6-3)83-77(80)71-68-65-62-59-56-53-50-46-32-29-26-23-20-17-14-11-8-5-2/h9,12,18,21,27,30,74H,4-8,10-11,13-17,19-20,22-26,28-29,31-73H2,1-3H3/b12-9-,21-18-,30-27-. The summed E-state index contributed by atoms with van der Waals surface area (Å²) in [5, 5.41) is 0. The summed E-state index contributed by atoms with van der Waals surface area (Å²) in [6.45, 7) is 6.61. The quantitative estimate of drug-likeness (QED) is 0.0261. The Hall–Kier alpha value is -2.37. The van der Waals surface area contributed by atoms with Crippen molar-refractivity contribution in [1.29, 1.82) is 0 Å². The smallest absolute Gasteiger partial charge is 0.306 e. The first-order chi connectivity index (χ1) is 41.0. The van der Waals surface area contributed by atoms with Crippen molar-refractivity contribution >= 4 is 17.9 Å². The van der Waals surface area contributed by atoms with E-state index in [2.05, 4.69) is 57.2 Å². The van der Waals surface area contributed by atoms with E-state index in [1.807, 2.05) is 0 Å². The second-order valence-corrected chi connectivity index (χ2v) is 25.5. The first-order valence-electron chi connectivity index (χ1n) is 37.5. The fourth-order valence-electron chi connectivity index (χ4n) is 11.6. The van der Waals surface area contributed by atoms with Crippen LogP contribution in [0.2, 0.25) is 0 Å². The minimum Gasteiger partial charge on any atom is -0.462 e. The number of carbonyl (C=O) groups excluding carboxylic acids is 3. The van der Waals surface area contributed by atoms with Crippen molar-refractivity contribution in [2.75, 3.05) is 13.2 Å². The van der Waals surface area contributed by atoms with Crippen LogP contribution in [-0.4, -0.2) is 37.2 Å². The highest BCUT2D eigenvalue weighted by molar-refractivity contribution is 5.71. The van der Waals surface area contributed by atoms with Gasteiger partial charge in [0, 0.05) is 19.3 Å². The van der Waals surface area contributed by atoms with Crippen molar-refractivity contribution in [2.45, 2.75) is 425 Å². The summed E-state index contributed by atoms with van der Waals surface area (Å²) in [5.41, 5.74) is 0. The Morgan fingerprint density at radius 1 is 0.253 bits per heavy atom. The minimum atomic E-state index is -0.774. The van der Waals surface area contributed by atoms with Gasteiger partial charge in [0.05, 0.1) is 0 Å². The number of esters is 3. The molecule has 0 aliphatic carbocycles. The maximum Gasteiger partial charge on any atom is 0.306 e. The molecule has 83 heavy (non-hydrogen) atoms. The molecule has 0 saturated heterocycles. The van der Waals surface area contributed by atoms with E-state index in [9.17, 15) is 14.4 Å². The fourth-order valence-corrected chi connectivity index (χ4v) is 11.6. The molecule has 0 fully saturated rings. The van der Waals surface area contributed by atoms with Crippen molar-refractivity contribution in [3.05, 3.63) is 36.5 Å². The van der Waals surface area contributed by atoms with Gasteiger partial charge in [0.25, 0.3) is 0 Å². The first-order valence-corrected chi connectivity index (χ1v) is 37.5. The summed E-state index contributed by atoms with van der Waals surface area (Å²) in [4.78, 5) is 38.5. The van der Waals surface area contributed by atoms with Crippen LogP contribution in [0.4, 0.5) is 0 Å². The Morgan fingerprint density at radius 3 is 0.735 bits per heavy atom. The third-order valence-electron chi connectivity index (χ3n) is 17.2. The molecule has 1 atom stereocenters. The summed E-state index contributed by atoms with van der Waals surface area (Å²) < 4.78 is 17.0. The van der Waals surface area contributed by atoms with Gasteiger partial charge in [-0.25, -0.2) is 0 Å². The third kappa shape index (κ3) is 70.3. The van der Waals surface area contributed by atoms with Crippen LogP contribution in [0.3, 0.4) is 0 Å². The van der Waals surface area contributed by atoms with E-state index < -0.39 is 6.10 Å². The lowest BCUT2D eigenvalue weighted by atomic mass is 10.0. The summed E-state index contributed by atoms with van der Waals surface area (Å²) in [6, 6.07) is 0. The molecule has 0 spiro atoms. The van der Waals surface area contributed by atoms with Crippen molar-refractivity contribution in [2.24, 2.45) is 0 Å². The number of rotatable bonds is 70. The lowest BCUT2D eigenvalue weighted by molar-refractivity contribution is -0.167. The van der Waals surface area contributed by atoms with E-state index >= 15 is 0 Å². The molecule has 488 valence electrons. The van der Waals surface area contributed by atoms with E-state index in [1.54, 1.807) is 0 Å². The lowest BCUT2D eigenvalue weighted by Gasteiger charge is -2.18. The van der Waals surface area contributed by atoms with E-state index in [4.69, 9.17) is 14.2 Å². The van der Waals surface area contributed by atoms with Crippen molar-refractivity contribution in [3.8, 4) is 0 Å². The zero-order chi connectivity index (χ0) is 59.9. The molecule has 0 aromatic carbocycles. The summed E-state index contributed by atoms with van der Waals surface area (Å²) in [5.74, 6) is -0.846. The molecule has 0 aliphatic heterocycles. The predicted octanol–water partition coefficient (Wildman–Crippen LogP) is 25.9. The fraction of sp³-hybridized carbons (Fsp3) is 0.883. The molecule has 0 rings (SSSR count). The number of unbranched alkanes of at least 4 members (excludes halogenated alkanes) is 53. The molecule has 0 heterocycles. The summed E-state index contributed by atoms with van der Waals surface area (Å²) in [7, 11) is 0. The molecule has 0 aromatic rings.